The molecule has 1 saturated heterocycles. The zero-order valence-electron chi connectivity index (χ0n) is 15.2. The summed E-state index contributed by atoms with van der Waals surface area (Å²) in [4.78, 5) is 9.54. The third-order valence-corrected chi connectivity index (χ3v) is 5.23. The summed E-state index contributed by atoms with van der Waals surface area (Å²) in [5.41, 5.74) is 5.49. The van der Waals surface area contributed by atoms with Crippen molar-refractivity contribution in [3.8, 4) is 0 Å². The zero-order chi connectivity index (χ0) is 18.4. The van der Waals surface area contributed by atoms with E-state index in [0.717, 1.165) is 33.4 Å². The Morgan fingerprint density at radius 2 is 1.74 bits per heavy atom. The van der Waals surface area contributed by atoms with E-state index in [9.17, 15) is 0 Å². The molecule has 0 N–H and O–H groups in total. The Morgan fingerprint density at radius 3 is 2.56 bits per heavy atom. The van der Waals surface area contributed by atoms with Crippen molar-refractivity contribution in [2.75, 3.05) is 7.11 Å². The summed E-state index contributed by atoms with van der Waals surface area (Å²) < 4.78 is 18.1. The topological polar surface area (TPSA) is 53.5 Å². The lowest BCUT2D eigenvalue weighted by atomic mass is 9.75. The predicted molar refractivity (Wildman–Crippen MR) is 105 cm³/mol. The van der Waals surface area contributed by atoms with Crippen molar-refractivity contribution in [3.63, 3.8) is 0 Å². The van der Waals surface area contributed by atoms with Gasteiger partial charge in [-0.05, 0) is 36.2 Å². The molecular weight excluding hydrogens is 339 g/mol. The molecule has 0 radical (unpaired) electrons. The Balaban J connectivity index is 1.52. The monoisotopic (exact) mass is 358 g/mol. The van der Waals surface area contributed by atoms with Crippen LogP contribution in [-0.4, -0.2) is 30.3 Å². The second-order valence-electron chi connectivity index (χ2n) is 6.84. The van der Waals surface area contributed by atoms with Crippen LogP contribution in [0.4, 0.5) is 0 Å². The summed E-state index contributed by atoms with van der Waals surface area (Å²) in [6.07, 6.45) is 3.51. The van der Waals surface area contributed by atoms with Crippen molar-refractivity contribution >= 4 is 29.7 Å². The SMILES string of the molecule is CO[C@H](C)c1ccccc1B1O[C@H]2C=Cc3nc4ccccc4nc3[C@H]2O1. The van der Waals surface area contributed by atoms with E-state index in [-0.39, 0.29) is 18.3 Å². The van der Waals surface area contributed by atoms with Gasteiger partial charge in [0.05, 0.1) is 34.6 Å². The predicted octanol–water partition coefficient (Wildman–Crippen LogP) is 3.22. The summed E-state index contributed by atoms with van der Waals surface area (Å²) in [5, 5.41) is 0. The van der Waals surface area contributed by atoms with Crippen LogP contribution in [0.5, 0.6) is 0 Å². The molecule has 6 heteroatoms. The fourth-order valence-electron chi connectivity index (χ4n) is 3.74. The molecule has 5 rings (SSSR count). The minimum absolute atomic E-state index is 0.0393. The molecule has 0 spiro atoms. The Labute approximate surface area is 158 Å². The lowest BCUT2D eigenvalue weighted by Crippen LogP contribution is -2.36. The average molecular weight is 358 g/mol. The standard InChI is InChI=1S/C21H19BN2O3/c1-13(25-2)14-7-3-4-8-15(14)22-26-19-12-11-18-20(21(19)27-22)24-17-10-6-5-9-16(17)23-18/h3-13,19,21H,1-2H3/t13-,19+,21+/m1/s1. The van der Waals surface area contributed by atoms with E-state index in [2.05, 4.69) is 6.07 Å². The Kier molecular flexibility index (Phi) is 4.04. The van der Waals surface area contributed by atoms with Gasteiger partial charge in [0.2, 0.25) is 0 Å². The zero-order valence-corrected chi connectivity index (χ0v) is 15.2. The minimum atomic E-state index is -0.460. The largest absolute Gasteiger partial charge is 0.495 e. The number of benzene rings is 2. The van der Waals surface area contributed by atoms with Crippen LogP contribution in [0.1, 0.15) is 36.1 Å². The van der Waals surface area contributed by atoms with Crippen molar-refractivity contribution in [1.82, 2.24) is 9.97 Å². The first-order chi connectivity index (χ1) is 13.2. The number of ether oxygens (including phenoxy) is 1. The molecule has 1 aliphatic heterocycles. The summed E-state index contributed by atoms with van der Waals surface area (Å²) in [5.74, 6) is 0. The maximum atomic E-state index is 6.33. The van der Waals surface area contributed by atoms with Gasteiger partial charge in [-0.15, -0.1) is 0 Å². The molecule has 2 aromatic carbocycles. The Morgan fingerprint density at radius 1 is 1.00 bits per heavy atom. The average Bonchev–Trinajstić information content (AvgIpc) is 3.16. The Bertz CT molecular complexity index is 1040. The maximum absolute atomic E-state index is 6.33. The molecule has 134 valence electrons. The number of methoxy groups -OCH3 is 1. The highest BCUT2D eigenvalue weighted by molar-refractivity contribution is 6.62. The van der Waals surface area contributed by atoms with Crippen LogP contribution in [0.15, 0.2) is 54.6 Å². The number of fused-ring (bicyclic) bond motifs is 4. The fraction of sp³-hybridized carbons (Fsp3) is 0.238. The molecule has 3 atom stereocenters. The highest BCUT2D eigenvalue weighted by Crippen LogP contribution is 2.37. The lowest BCUT2D eigenvalue weighted by molar-refractivity contribution is 0.120. The molecule has 1 aliphatic carbocycles. The first-order valence-corrected chi connectivity index (χ1v) is 9.12. The van der Waals surface area contributed by atoms with E-state index in [1.54, 1.807) is 7.11 Å². The molecule has 1 aromatic heterocycles. The molecule has 5 nitrogen and oxygen atoms in total. The molecular formula is C21H19BN2O3. The second-order valence-corrected chi connectivity index (χ2v) is 6.84. The van der Waals surface area contributed by atoms with Gasteiger partial charge in [0.1, 0.15) is 6.10 Å². The van der Waals surface area contributed by atoms with Gasteiger partial charge < -0.3 is 14.0 Å². The van der Waals surface area contributed by atoms with E-state index in [4.69, 9.17) is 24.0 Å². The first-order valence-electron chi connectivity index (χ1n) is 9.12. The summed E-state index contributed by atoms with van der Waals surface area (Å²) >= 11 is 0. The molecule has 1 fully saturated rings. The van der Waals surface area contributed by atoms with E-state index in [0.29, 0.717) is 0 Å². The van der Waals surface area contributed by atoms with Crippen LogP contribution < -0.4 is 5.46 Å². The van der Waals surface area contributed by atoms with Crippen LogP contribution in [0.2, 0.25) is 0 Å². The van der Waals surface area contributed by atoms with Gasteiger partial charge in [-0.25, -0.2) is 9.97 Å². The normalized spacial score (nSPS) is 21.9. The molecule has 0 bridgehead atoms. The van der Waals surface area contributed by atoms with Crippen molar-refractivity contribution in [2.24, 2.45) is 0 Å². The molecule has 2 heterocycles. The summed E-state index contributed by atoms with van der Waals surface area (Å²) in [7, 11) is 1.25. The molecule has 0 saturated carbocycles. The Hall–Kier alpha value is -2.54. The summed E-state index contributed by atoms with van der Waals surface area (Å²) in [6.45, 7) is 2.02. The number of aromatic nitrogens is 2. The van der Waals surface area contributed by atoms with Crippen LogP contribution in [0.3, 0.4) is 0 Å². The van der Waals surface area contributed by atoms with Gasteiger partial charge in [0, 0.05) is 7.11 Å². The lowest BCUT2D eigenvalue weighted by Gasteiger charge is -2.20. The van der Waals surface area contributed by atoms with E-state index in [1.807, 2.05) is 61.5 Å². The number of rotatable bonds is 3. The molecule has 3 aromatic rings. The molecule has 27 heavy (non-hydrogen) atoms. The van der Waals surface area contributed by atoms with Gasteiger partial charge >= 0.3 is 7.12 Å². The molecule has 0 unspecified atom stereocenters. The van der Waals surface area contributed by atoms with Crippen molar-refractivity contribution < 1.29 is 14.0 Å². The van der Waals surface area contributed by atoms with Crippen LogP contribution in [0, 0.1) is 0 Å². The number of para-hydroxylation sites is 2. The molecule has 2 aliphatic rings. The highest BCUT2D eigenvalue weighted by Gasteiger charge is 2.44. The van der Waals surface area contributed by atoms with Gasteiger partial charge in [0.25, 0.3) is 0 Å². The number of hydrogen-bond acceptors (Lipinski definition) is 5. The van der Waals surface area contributed by atoms with Crippen LogP contribution in [-0.2, 0) is 14.0 Å². The smallest absolute Gasteiger partial charge is 0.398 e. The van der Waals surface area contributed by atoms with Crippen molar-refractivity contribution in [2.45, 2.75) is 25.2 Å². The minimum Gasteiger partial charge on any atom is -0.398 e. The van der Waals surface area contributed by atoms with E-state index in [1.165, 1.54) is 0 Å². The number of nitrogens with zero attached hydrogens (tertiary/aromatic N) is 2. The van der Waals surface area contributed by atoms with Gasteiger partial charge in [-0.1, -0.05) is 42.5 Å². The van der Waals surface area contributed by atoms with E-state index >= 15 is 0 Å². The van der Waals surface area contributed by atoms with Gasteiger partial charge in [-0.3, -0.25) is 0 Å². The maximum Gasteiger partial charge on any atom is 0.495 e. The highest BCUT2D eigenvalue weighted by atomic mass is 16.7. The number of hydrogen-bond donors (Lipinski definition) is 0. The summed E-state index contributed by atoms with van der Waals surface area (Å²) in [6, 6.07) is 16.0. The van der Waals surface area contributed by atoms with Crippen LogP contribution in [0.25, 0.3) is 17.1 Å². The van der Waals surface area contributed by atoms with Gasteiger partial charge in [-0.2, -0.15) is 0 Å². The van der Waals surface area contributed by atoms with Crippen molar-refractivity contribution in [3.05, 3.63) is 71.6 Å². The second kappa shape index (κ2) is 6.57. The van der Waals surface area contributed by atoms with Gasteiger partial charge in [0.15, 0.2) is 0 Å². The third-order valence-electron chi connectivity index (χ3n) is 5.23. The van der Waals surface area contributed by atoms with E-state index < -0.39 is 7.12 Å². The molecule has 0 amide bonds. The third kappa shape index (κ3) is 2.77. The first kappa shape index (κ1) is 16.6. The quantitative estimate of drug-likeness (QED) is 0.673. The van der Waals surface area contributed by atoms with Crippen molar-refractivity contribution in [1.29, 1.82) is 0 Å². The fourth-order valence-corrected chi connectivity index (χ4v) is 3.74. The van der Waals surface area contributed by atoms with Crippen LogP contribution >= 0.6 is 0 Å².